The van der Waals surface area contributed by atoms with Gasteiger partial charge >= 0.3 is 5.97 Å². The molecule has 0 aliphatic carbocycles. The number of esters is 1. The van der Waals surface area contributed by atoms with Gasteiger partial charge in [-0.1, -0.05) is 12.1 Å². The van der Waals surface area contributed by atoms with Gasteiger partial charge in [-0.05, 0) is 12.8 Å². The zero-order valence-electron chi connectivity index (χ0n) is 13.3. The molecular formula is C14H21N5O4. The van der Waals surface area contributed by atoms with Crippen molar-refractivity contribution in [3.05, 3.63) is 6.20 Å². The monoisotopic (exact) mass is 323 g/mol. The van der Waals surface area contributed by atoms with Crippen LogP contribution in [-0.2, 0) is 25.7 Å². The molecule has 1 atom stereocenters. The molecule has 1 saturated heterocycles. The second-order valence-corrected chi connectivity index (χ2v) is 5.41. The molecule has 1 aromatic rings. The third-order valence-corrected chi connectivity index (χ3v) is 3.73. The number of nitrogens with zero attached hydrogens (tertiary/aromatic N) is 4. The zero-order chi connectivity index (χ0) is 16.8. The number of piperidine rings is 1. The molecule has 23 heavy (non-hydrogen) atoms. The third-order valence-electron chi connectivity index (χ3n) is 3.73. The van der Waals surface area contributed by atoms with Gasteiger partial charge in [0.15, 0.2) is 5.82 Å². The van der Waals surface area contributed by atoms with E-state index in [1.54, 1.807) is 11.8 Å². The molecule has 1 N–H and O–H groups in total. The van der Waals surface area contributed by atoms with Crippen molar-refractivity contribution in [3.8, 4) is 0 Å². The first-order valence-corrected chi connectivity index (χ1v) is 7.59. The number of ether oxygens (including phenoxy) is 1. The van der Waals surface area contributed by atoms with Crippen molar-refractivity contribution >= 4 is 23.6 Å². The number of carbonyl (C=O) groups excluding carboxylic acids is 3. The maximum Gasteiger partial charge on any atom is 0.310 e. The number of hydrogen-bond acceptors (Lipinski definition) is 6. The van der Waals surface area contributed by atoms with E-state index >= 15 is 0 Å². The molecule has 9 nitrogen and oxygen atoms in total. The Balaban J connectivity index is 1.91. The highest BCUT2D eigenvalue weighted by Gasteiger charge is 2.29. The van der Waals surface area contributed by atoms with Crippen LogP contribution in [0.25, 0.3) is 0 Å². The molecule has 2 rings (SSSR count). The standard InChI is InChI=1S/C14H21N5O4/c1-3-12(20)15-11-8-19(17-16-11)9-13(21)18-6-4-5-10(7-18)14(22)23-2/h8,10H,3-7,9H2,1-2H3,(H,15,20). The SMILES string of the molecule is CCC(=O)Nc1cn(CC(=O)N2CCCC(C(=O)OC)C2)nn1. The summed E-state index contributed by atoms with van der Waals surface area (Å²) in [6.07, 6.45) is 3.34. The average molecular weight is 323 g/mol. The Morgan fingerprint density at radius 1 is 1.43 bits per heavy atom. The molecular weight excluding hydrogens is 302 g/mol. The van der Waals surface area contributed by atoms with Crippen molar-refractivity contribution in [2.75, 3.05) is 25.5 Å². The summed E-state index contributed by atoms with van der Waals surface area (Å²) < 4.78 is 6.11. The minimum absolute atomic E-state index is 0.0168. The summed E-state index contributed by atoms with van der Waals surface area (Å²) in [6, 6.07) is 0. The molecule has 2 amide bonds. The molecule has 2 heterocycles. The lowest BCUT2D eigenvalue weighted by molar-refractivity contribution is -0.149. The lowest BCUT2D eigenvalue weighted by Crippen LogP contribution is -2.44. The number of aromatic nitrogens is 3. The summed E-state index contributed by atoms with van der Waals surface area (Å²) in [4.78, 5) is 36.8. The van der Waals surface area contributed by atoms with Crippen LogP contribution in [0, 0.1) is 5.92 Å². The van der Waals surface area contributed by atoms with Gasteiger partial charge < -0.3 is 15.0 Å². The lowest BCUT2D eigenvalue weighted by atomic mass is 9.98. The van der Waals surface area contributed by atoms with Gasteiger partial charge in [-0.3, -0.25) is 14.4 Å². The van der Waals surface area contributed by atoms with Crippen LogP contribution in [0.3, 0.4) is 0 Å². The van der Waals surface area contributed by atoms with Crippen LogP contribution in [-0.4, -0.2) is 57.9 Å². The van der Waals surface area contributed by atoms with E-state index in [1.807, 2.05) is 0 Å². The van der Waals surface area contributed by atoms with Gasteiger partial charge in [-0.15, -0.1) is 5.10 Å². The van der Waals surface area contributed by atoms with Gasteiger partial charge in [0.1, 0.15) is 6.54 Å². The number of anilines is 1. The third kappa shape index (κ3) is 4.51. The van der Waals surface area contributed by atoms with E-state index in [2.05, 4.69) is 15.6 Å². The van der Waals surface area contributed by atoms with Crippen LogP contribution in [0.1, 0.15) is 26.2 Å². The van der Waals surface area contributed by atoms with Crippen molar-refractivity contribution < 1.29 is 19.1 Å². The van der Waals surface area contributed by atoms with E-state index in [0.717, 1.165) is 12.8 Å². The van der Waals surface area contributed by atoms with Crippen LogP contribution < -0.4 is 5.32 Å². The smallest absolute Gasteiger partial charge is 0.310 e. The maximum absolute atomic E-state index is 12.3. The highest BCUT2D eigenvalue weighted by molar-refractivity contribution is 5.89. The molecule has 0 bridgehead atoms. The molecule has 0 spiro atoms. The highest BCUT2D eigenvalue weighted by atomic mass is 16.5. The molecule has 1 aliphatic rings. The number of nitrogens with one attached hydrogen (secondary N) is 1. The predicted molar refractivity (Wildman–Crippen MR) is 80.3 cm³/mol. The quantitative estimate of drug-likeness (QED) is 0.767. The summed E-state index contributed by atoms with van der Waals surface area (Å²) >= 11 is 0. The summed E-state index contributed by atoms with van der Waals surface area (Å²) in [5.74, 6) is -0.548. The Hall–Kier alpha value is -2.45. The fourth-order valence-corrected chi connectivity index (χ4v) is 2.47. The number of hydrogen-bond donors (Lipinski definition) is 1. The van der Waals surface area contributed by atoms with Gasteiger partial charge in [-0.25, -0.2) is 4.68 Å². The molecule has 0 aromatic carbocycles. The van der Waals surface area contributed by atoms with Gasteiger partial charge in [-0.2, -0.15) is 0 Å². The molecule has 0 saturated carbocycles. The van der Waals surface area contributed by atoms with E-state index in [-0.39, 0.29) is 30.2 Å². The second kappa shape index (κ2) is 7.70. The summed E-state index contributed by atoms with van der Waals surface area (Å²) in [7, 11) is 1.35. The van der Waals surface area contributed by atoms with Crippen molar-refractivity contribution in [2.45, 2.75) is 32.7 Å². The summed E-state index contributed by atoms with van der Waals surface area (Å²) in [5.41, 5.74) is 0. The van der Waals surface area contributed by atoms with E-state index in [0.29, 0.717) is 25.3 Å². The Kier molecular flexibility index (Phi) is 5.67. The lowest BCUT2D eigenvalue weighted by Gasteiger charge is -2.31. The van der Waals surface area contributed by atoms with Gasteiger partial charge in [0.2, 0.25) is 11.8 Å². The average Bonchev–Trinajstić information content (AvgIpc) is 3.00. The first kappa shape index (κ1) is 16.9. The number of amides is 2. The molecule has 1 unspecified atom stereocenters. The fraction of sp³-hybridized carbons (Fsp3) is 0.643. The van der Waals surface area contributed by atoms with E-state index in [9.17, 15) is 14.4 Å². The van der Waals surface area contributed by atoms with E-state index in [1.165, 1.54) is 18.0 Å². The first-order chi connectivity index (χ1) is 11.0. The topological polar surface area (TPSA) is 106 Å². The fourth-order valence-electron chi connectivity index (χ4n) is 2.47. The normalized spacial score (nSPS) is 17.7. The number of rotatable bonds is 5. The molecule has 1 fully saturated rings. The number of likely N-dealkylation sites (tertiary alicyclic amines) is 1. The zero-order valence-corrected chi connectivity index (χ0v) is 13.3. The van der Waals surface area contributed by atoms with Crippen molar-refractivity contribution in [2.24, 2.45) is 5.92 Å². The molecule has 9 heteroatoms. The molecule has 1 aliphatic heterocycles. The van der Waals surface area contributed by atoms with Gasteiger partial charge in [0.05, 0.1) is 19.2 Å². The first-order valence-electron chi connectivity index (χ1n) is 7.59. The van der Waals surface area contributed by atoms with Crippen molar-refractivity contribution in [1.29, 1.82) is 0 Å². The highest BCUT2D eigenvalue weighted by Crippen LogP contribution is 2.18. The molecule has 1 aromatic heterocycles. The Bertz CT molecular complexity index is 585. The minimum Gasteiger partial charge on any atom is -0.469 e. The molecule has 0 radical (unpaired) electrons. The molecule has 126 valence electrons. The number of methoxy groups -OCH3 is 1. The Morgan fingerprint density at radius 2 is 2.22 bits per heavy atom. The maximum atomic E-state index is 12.3. The van der Waals surface area contributed by atoms with Gasteiger partial charge in [0, 0.05) is 19.5 Å². The van der Waals surface area contributed by atoms with Crippen LogP contribution in [0.4, 0.5) is 5.82 Å². The van der Waals surface area contributed by atoms with Crippen LogP contribution in [0.15, 0.2) is 6.20 Å². The van der Waals surface area contributed by atoms with E-state index < -0.39 is 0 Å². The van der Waals surface area contributed by atoms with Gasteiger partial charge in [0.25, 0.3) is 0 Å². The van der Waals surface area contributed by atoms with Crippen molar-refractivity contribution in [3.63, 3.8) is 0 Å². The largest absolute Gasteiger partial charge is 0.469 e. The van der Waals surface area contributed by atoms with Crippen LogP contribution >= 0.6 is 0 Å². The predicted octanol–water partition coefficient (Wildman–Crippen LogP) is 0.0382. The Labute approximate surface area is 134 Å². The summed E-state index contributed by atoms with van der Waals surface area (Å²) in [6.45, 7) is 2.72. The minimum atomic E-state index is -0.284. The van der Waals surface area contributed by atoms with E-state index in [4.69, 9.17) is 4.74 Å². The van der Waals surface area contributed by atoms with Crippen molar-refractivity contribution in [1.82, 2.24) is 19.9 Å². The second-order valence-electron chi connectivity index (χ2n) is 5.41. The van der Waals surface area contributed by atoms with Crippen LogP contribution in [0.5, 0.6) is 0 Å². The van der Waals surface area contributed by atoms with Crippen LogP contribution in [0.2, 0.25) is 0 Å². The summed E-state index contributed by atoms with van der Waals surface area (Å²) in [5, 5.41) is 10.2. The Morgan fingerprint density at radius 3 is 2.91 bits per heavy atom. The number of carbonyl (C=O) groups is 3.